The number of carbonyl (C=O) groups is 1. The van der Waals surface area contributed by atoms with Crippen LogP contribution in [-0.2, 0) is 0 Å². The molecule has 3 nitrogen and oxygen atoms in total. The van der Waals surface area contributed by atoms with E-state index in [2.05, 4.69) is 11.2 Å². The molecule has 0 saturated carbocycles. The SMILES string of the molecule is C#Cc1cccc(NC(=O)c2ccc(N(C)C)cc2)c1. The first kappa shape index (κ1) is 13.7. The summed E-state index contributed by atoms with van der Waals surface area (Å²) in [7, 11) is 3.92. The minimum Gasteiger partial charge on any atom is -0.378 e. The summed E-state index contributed by atoms with van der Waals surface area (Å²) in [4.78, 5) is 14.1. The predicted molar refractivity (Wildman–Crippen MR) is 83.1 cm³/mol. The van der Waals surface area contributed by atoms with Gasteiger partial charge in [-0.15, -0.1) is 6.42 Å². The predicted octanol–water partition coefficient (Wildman–Crippen LogP) is 2.99. The van der Waals surface area contributed by atoms with E-state index in [0.717, 1.165) is 11.3 Å². The number of benzene rings is 2. The van der Waals surface area contributed by atoms with Crippen molar-refractivity contribution in [1.29, 1.82) is 0 Å². The minimum absolute atomic E-state index is 0.149. The summed E-state index contributed by atoms with van der Waals surface area (Å²) < 4.78 is 0. The van der Waals surface area contributed by atoms with Crippen molar-refractivity contribution in [2.24, 2.45) is 0 Å². The van der Waals surface area contributed by atoms with Crippen LogP contribution in [0.3, 0.4) is 0 Å². The monoisotopic (exact) mass is 264 g/mol. The molecule has 1 amide bonds. The van der Waals surface area contributed by atoms with E-state index in [1.807, 2.05) is 49.3 Å². The molecule has 0 bridgehead atoms. The van der Waals surface area contributed by atoms with Crippen molar-refractivity contribution >= 4 is 17.3 Å². The quantitative estimate of drug-likeness (QED) is 0.864. The number of hydrogen-bond donors (Lipinski definition) is 1. The Kier molecular flexibility index (Phi) is 4.07. The van der Waals surface area contributed by atoms with Gasteiger partial charge in [-0.05, 0) is 42.5 Å². The summed E-state index contributed by atoms with van der Waals surface area (Å²) in [6.45, 7) is 0. The molecule has 2 rings (SSSR count). The van der Waals surface area contributed by atoms with Gasteiger partial charge in [-0.2, -0.15) is 0 Å². The van der Waals surface area contributed by atoms with Crippen molar-refractivity contribution in [1.82, 2.24) is 0 Å². The van der Waals surface area contributed by atoms with E-state index in [0.29, 0.717) is 11.3 Å². The first-order chi connectivity index (χ1) is 9.60. The zero-order chi connectivity index (χ0) is 14.5. The molecule has 20 heavy (non-hydrogen) atoms. The number of anilines is 2. The van der Waals surface area contributed by atoms with Crippen LogP contribution in [0.1, 0.15) is 15.9 Å². The average Bonchev–Trinajstić information content (AvgIpc) is 2.47. The Bertz CT molecular complexity index is 651. The van der Waals surface area contributed by atoms with Crippen LogP contribution >= 0.6 is 0 Å². The number of carbonyl (C=O) groups excluding carboxylic acids is 1. The Morgan fingerprint density at radius 3 is 2.45 bits per heavy atom. The third kappa shape index (κ3) is 3.18. The average molecular weight is 264 g/mol. The third-order valence-corrected chi connectivity index (χ3v) is 2.93. The highest BCUT2D eigenvalue weighted by Crippen LogP contribution is 2.15. The number of nitrogens with zero attached hydrogens (tertiary/aromatic N) is 1. The molecule has 0 aromatic heterocycles. The molecule has 0 atom stereocenters. The van der Waals surface area contributed by atoms with Gasteiger partial charge < -0.3 is 10.2 Å². The fourth-order valence-electron chi connectivity index (χ4n) is 1.80. The van der Waals surface area contributed by atoms with Gasteiger partial charge in [0.25, 0.3) is 5.91 Å². The molecule has 0 aliphatic carbocycles. The van der Waals surface area contributed by atoms with Crippen LogP contribution < -0.4 is 10.2 Å². The lowest BCUT2D eigenvalue weighted by molar-refractivity contribution is 0.102. The first-order valence-corrected chi connectivity index (χ1v) is 6.25. The normalized spacial score (nSPS) is 9.65. The van der Waals surface area contributed by atoms with Gasteiger partial charge in [0.15, 0.2) is 0 Å². The lowest BCUT2D eigenvalue weighted by atomic mass is 10.1. The number of nitrogens with one attached hydrogen (secondary N) is 1. The van der Waals surface area contributed by atoms with Gasteiger partial charge in [-0.1, -0.05) is 12.0 Å². The molecule has 0 spiro atoms. The molecule has 100 valence electrons. The molecule has 0 unspecified atom stereocenters. The van der Waals surface area contributed by atoms with Crippen LogP contribution in [0.15, 0.2) is 48.5 Å². The molecule has 1 N–H and O–H groups in total. The van der Waals surface area contributed by atoms with Gasteiger partial charge >= 0.3 is 0 Å². The van der Waals surface area contributed by atoms with Gasteiger partial charge in [0.2, 0.25) is 0 Å². The van der Waals surface area contributed by atoms with Crippen LogP contribution in [0, 0.1) is 12.3 Å². The summed E-state index contributed by atoms with van der Waals surface area (Å²) >= 11 is 0. The van der Waals surface area contributed by atoms with Gasteiger partial charge in [0, 0.05) is 36.6 Å². The highest BCUT2D eigenvalue weighted by Gasteiger charge is 2.06. The second kappa shape index (κ2) is 5.94. The molecular formula is C17H16N2O. The Morgan fingerprint density at radius 1 is 1.15 bits per heavy atom. The molecule has 0 aliphatic heterocycles. The molecule has 0 heterocycles. The van der Waals surface area contributed by atoms with E-state index in [9.17, 15) is 4.79 Å². The molecule has 0 aliphatic rings. The topological polar surface area (TPSA) is 32.3 Å². The number of amides is 1. The van der Waals surface area contributed by atoms with Crippen LogP contribution in [0.4, 0.5) is 11.4 Å². The second-order valence-electron chi connectivity index (χ2n) is 4.62. The van der Waals surface area contributed by atoms with Gasteiger partial charge in [0.05, 0.1) is 0 Å². The van der Waals surface area contributed by atoms with Gasteiger partial charge in [-0.3, -0.25) is 4.79 Å². The van der Waals surface area contributed by atoms with Crippen LogP contribution in [-0.4, -0.2) is 20.0 Å². The molecule has 0 fully saturated rings. The lowest BCUT2D eigenvalue weighted by Gasteiger charge is -2.12. The smallest absolute Gasteiger partial charge is 0.255 e. The van der Waals surface area contributed by atoms with Crippen molar-refractivity contribution in [2.75, 3.05) is 24.3 Å². The van der Waals surface area contributed by atoms with Gasteiger partial charge in [-0.25, -0.2) is 0 Å². The molecule has 2 aromatic carbocycles. The molecule has 3 heteroatoms. The maximum atomic E-state index is 12.1. The fourth-order valence-corrected chi connectivity index (χ4v) is 1.80. The molecular weight excluding hydrogens is 248 g/mol. The van der Waals surface area contributed by atoms with Crippen molar-refractivity contribution in [3.63, 3.8) is 0 Å². The summed E-state index contributed by atoms with van der Waals surface area (Å²) in [5, 5.41) is 2.83. The van der Waals surface area contributed by atoms with Crippen LogP contribution in [0.2, 0.25) is 0 Å². The Morgan fingerprint density at radius 2 is 1.85 bits per heavy atom. The molecule has 0 radical (unpaired) electrons. The van der Waals surface area contributed by atoms with Gasteiger partial charge in [0.1, 0.15) is 0 Å². The maximum Gasteiger partial charge on any atom is 0.255 e. The van der Waals surface area contributed by atoms with E-state index >= 15 is 0 Å². The van der Waals surface area contributed by atoms with Crippen molar-refractivity contribution in [2.45, 2.75) is 0 Å². The summed E-state index contributed by atoms with van der Waals surface area (Å²) in [5.41, 5.74) is 3.10. The number of rotatable bonds is 3. The summed E-state index contributed by atoms with van der Waals surface area (Å²) in [6, 6.07) is 14.6. The highest BCUT2D eigenvalue weighted by atomic mass is 16.1. The third-order valence-electron chi connectivity index (χ3n) is 2.93. The molecule has 2 aromatic rings. The summed E-state index contributed by atoms with van der Waals surface area (Å²) in [5.74, 6) is 2.39. The largest absolute Gasteiger partial charge is 0.378 e. The Balaban J connectivity index is 2.13. The second-order valence-corrected chi connectivity index (χ2v) is 4.62. The van der Waals surface area contributed by atoms with Crippen molar-refractivity contribution < 1.29 is 4.79 Å². The van der Waals surface area contributed by atoms with Crippen LogP contribution in [0.5, 0.6) is 0 Å². The molecule has 0 saturated heterocycles. The zero-order valence-corrected chi connectivity index (χ0v) is 11.6. The van der Waals surface area contributed by atoms with E-state index in [4.69, 9.17) is 6.42 Å². The standard InChI is InChI=1S/C17H16N2O/c1-4-13-6-5-7-15(12-13)18-17(20)14-8-10-16(11-9-14)19(2)3/h1,5-12H,2-3H3,(H,18,20). The van der Waals surface area contributed by atoms with Crippen LogP contribution in [0.25, 0.3) is 0 Å². The number of terminal acetylenes is 1. The first-order valence-electron chi connectivity index (χ1n) is 6.25. The van der Waals surface area contributed by atoms with E-state index in [1.165, 1.54) is 0 Å². The van der Waals surface area contributed by atoms with Crippen molar-refractivity contribution in [3.8, 4) is 12.3 Å². The zero-order valence-electron chi connectivity index (χ0n) is 11.6. The number of hydrogen-bond acceptors (Lipinski definition) is 2. The minimum atomic E-state index is -0.149. The lowest BCUT2D eigenvalue weighted by Crippen LogP contribution is -2.13. The summed E-state index contributed by atoms with van der Waals surface area (Å²) in [6.07, 6.45) is 5.34. The van der Waals surface area contributed by atoms with E-state index in [1.54, 1.807) is 18.2 Å². The van der Waals surface area contributed by atoms with Crippen molar-refractivity contribution in [3.05, 3.63) is 59.7 Å². The maximum absolute atomic E-state index is 12.1. The Hall–Kier alpha value is -2.73. The fraction of sp³-hybridized carbons (Fsp3) is 0.118. The van der Waals surface area contributed by atoms with E-state index in [-0.39, 0.29) is 5.91 Å². The highest BCUT2D eigenvalue weighted by molar-refractivity contribution is 6.04. The van der Waals surface area contributed by atoms with E-state index < -0.39 is 0 Å². The Labute approximate surface area is 119 Å².